The Labute approximate surface area is 323 Å². The summed E-state index contributed by atoms with van der Waals surface area (Å²) in [7, 11) is 3.78. The van der Waals surface area contributed by atoms with E-state index in [0.29, 0.717) is 11.1 Å². The van der Waals surface area contributed by atoms with Gasteiger partial charge in [0.05, 0.1) is 11.1 Å². The molecule has 0 unspecified atom stereocenters. The molecule has 6 aromatic carbocycles. The van der Waals surface area contributed by atoms with E-state index >= 15 is 0 Å². The zero-order valence-corrected chi connectivity index (χ0v) is 31.3. The Hall–Kier alpha value is -6.26. The number of hydrogen-bond acceptors (Lipinski definition) is 2. The van der Waals surface area contributed by atoms with Crippen molar-refractivity contribution in [1.82, 2.24) is 0 Å². The van der Waals surface area contributed by atoms with Crippen molar-refractivity contribution >= 4 is 65.4 Å². The number of furan rings is 2. The first-order valence-electron chi connectivity index (χ1n) is 21.2. The fraction of sp³-hybridized carbons (Fsp3) is 0.160. The van der Waals surface area contributed by atoms with E-state index in [9.17, 15) is 0 Å². The van der Waals surface area contributed by atoms with Crippen molar-refractivity contribution in [3.63, 3.8) is 0 Å². The molecular weight excluding hydrogens is 661 g/mol. The molecule has 0 bridgehead atoms. The first kappa shape index (κ1) is 27.4. The van der Waals surface area contributed by atoms with E-state index in [2.05, 4.69) is 86.6 Å². The molecule has 4 aromatic heterocycles. The summed E-state index contributed by atoms with van der Waals surface area (Å²) in [5.41, 5.74) is 11.9. The van der Waals surface area contributed by atoms with E-state index in [4.69, 9.17) is 17.1 Å². The predicted octanol–water partition coefficient (Wildman–Crippen LogP) is 12.3. The Balaban J connectivity index is 0.000000154. The molecule has 0 atom stereocenters. The monoisotopic (exact) mass is 710 g/mol. The minimum atomic E-state index is -2.13. The van der Waals surface area contributed by atoms with Crippen molar-refractivity contribution in [2.45, 2.75) is 41.4 Å². The topological polar surface area (TPSA) is 34.0 Å². The summed E-state index contributed by atoms with van der Waals surface area (Å²) in [5, 5.41) is 9.16. The van der Waals surface area contributed by atoms with Gasteiger partial charge in [-0.3, -0.25) is 0 Å². The summed E-state index contributed by atoms with van der Waals surface area (Å²) >= 11 is 0. The maximum atomic E-state index is 7.77. The minimum Gasteiger partial charge on any atom is -0.456 e. The fourth-order valence-electron chi connectivity index (χ4n) is 7.90. The lowest BCUT2D eigenvalue weighted by Crippen LogP contribution is -2.31. The summed E-state index contributed by atoms with van der Waals surface area (Å²) < 4.78 is 62.8. The van der Waals surface area contributed by atoms with Gasteiger partial charge in [0.1, 0.15) is 36.4 Å². The largest absolute Gasteiger partial charge is 0.456 e. The third-order valence-corrected chi connectivity index (χ3v) is 10.9. The number of benzene rings is 6. The van der Waals surface area contributed by atoms with E-state index in [1.807, 2.05) is 73.5 Å². The Morgan fingerprint density at radius 3 is 1.56 bits per heavy atom. The van der Waals surface area contributed by atoms with Crippen LogP contribution in [-0.4, -0.2) is 0 Å². The third kappa shape index (κ3) is 5.52. The van der Waals surface area contributed by atoms with Crippen molar-refractivity contribution in [3.05, 3.63) is 155 Å². The molecule has 0 saturated carbocycles. The second-order valence-corrected chi connectivity index (χ2v) is 14.6. The molecular formula is C50H44N2O2+2. The van der Waals surface area contributed by atoms with Crippen LogP contribution in [0.1, 0.15) is 41.6 Å². The summed E-state index contributed by atoms with van der Waals surface area (Å²) in [5.74, 6) is 0. The first-order chi connectivity index (χ1) is 28.5. The van der Waals surface area contributed by atoms with Gasteiger partial charge in [0, 0.05) is 53.0 Å². The van der Waals surface area contributed by atoms with Crippen LogP contribution in [0.2, 0.25) is 0 Å². The third-order valence-electron chi connectivity index (χ3n) is 10.9. The Morgan fingerprint density at radius 1 is 0.426 bits per heavy atom. The Morgan fingerprint density at radius 2 is 0.926 bits per heavy atom. The number of rotatable bonds is 2. The molecule has 0 aliphatic carbocycles. The molecule has 264 valence electrons. The average molecular weight is 711 g/mol. The summed E-state index contributed by atoms with van der Waals surface area (Å²) in [6.45, 7) is 3.63. The van der Waals surface area contributed by atoms with Gasteiger partial charge in [0.25, 0.3) is 0 Å². The molecule has 4 heterocycles. The lowest BCUT2D eigenvalue weighted by molar-refractivity contribution is -0.660. The molecule has 0 amide bonds. The fourth-order valence-corrected chi connectivity index (χ4v) is 7.90. The second-order valence-electron chi connectivity index (χ2n) is 14.6. The van der Waals surface area contributed by atoms with Gasteiger partial charge in [-0.05, 0) is 128 Å². The van der Waals surface area contributed by atoms with Crippen molar-refractivity contribution in [3.8, 4) is 22.5 Å². The number of aryl methyl sites for hydroxylation is 8. The zero-order chi connectivity index (χ0) is 42.4. The zero-order valence-electron chi connectivity index (χ0n) is 37.3. The molecule has 4 nitrogen and oxygen atoms in total. The molecule has 0 N–H and O–H groups in total. The Kier molecular flexibility index (Phi) is 6.44. The molecule has 0 aliphatic rings. The lowest BCUT2D eigenvalue weighted by Gasteiger charge is -2.07. The number of pyridine rings is 2. The van der Waals surface area contributed by atoms with Crippen molar-refractivity contribution in [1.29, 1.82) is 0 Å². The van der Waals surface area contributed by atoms with Crippen LogP contribution in [0.25, 0.3) is 87.9 Å². The molecule has 0 aliphatic heterocycles. The van der Waals surface area contributed by atoms with Crippen LogP contribution < -0.4 is 9.13 Å². The smallest absolute Gasteiger partial charge is 0.212 e. The first-order valence-corrected chi connectivity index (χ1v) is 18.2. The minimum absolute atomic E-state index is 0.377. The average Bonchev–Trinajstić information content (AvgIpc) is 3.74. The molecule has 4 heteroatoms. The summed E-state index contributed by atoms with van der Waals surface area (Å²) in [6, 6.07) is 37.4. The Bertz CT molecular complexity index is 3370. The number of fused-ring (bicyclic) bond motifs is 9. The van der Waals surface area contributed by atoms with Crippen LogP contribution >= 0.6 is 0 Å². The highest BCUT2D eigenvalue weighted by atomic mass is 16.3. The van der Waals surface area contributed by atoms with Gasteiger partial charge >= 0.3 is 0 Å². The van der Waals surface area contributed by atoms with E-state index in [1.165, 1.54) is 16.2 Å². The van der Waals surface area contributed by atoms with E-state index in [0.717, 1.165) is 94.0 Å². The highest BCUT2D eigenvalue weighted by molar-refractivity contribution is 6.19. The van der Waals surface area contributed by atoms with Crippen LogP contribution in [0.5, 0.6) is 0 Å². The lowest BCUT2D eigenvalue weighted by atomic mass is 9.98. The van der Waals surface area contributed by atoms with Crippen LogP contribution in [0, 0.1) is 41.4 Å². The van der Waals surface area contributed by atoms with Crippen LogP contribution in [0.4, 0.5) is 0 Å². The van der Waals surface area contributed by atoms with E-state index in [-0.39, 0.29) is 0 Å². The highest BCUT2D eigenvalue weighted by Crippen LogP contribution is 2.38. The number of aromatic nitrogens is 2. The van der Waals surface area contributed by atoms with Gasteiger partial charge in [0.15, 0.2) is 12.4 Å². The van der Waals surface area contributed by atoms with Crippen molar-refractivity contribution in [2.75, 3.05) is 0 Å². The van der Waals surface area contributed by atoms with Gasteiger partial charge in [-0.15, -0.1) is 0 Å². The summed E-state index contributed by atoms with van der Waals surface area (Å²) in [4.78, 5) is 0. The van der Waals surface area contributed by atoms with Crippen molar-refractivity contribution < 1.29 is 26.2 Å². The van der Waals surface area contributed by atoms with Gasteiger partial charge in [0.2, 0.25) is 11.4 Å². The number of nitrogens with zero attached hydrogens (tertiary/aromatic N) is 2. The number of hydrogen-bond donors (Lipinski definition) is 0. The normalized spacial score (nSPS) is 13.8. The molecule has 54 heavy (non-hydrogen) atoms. The second kappa shape index (κ2) is 12.7. The van der Waals surface area contributed by atoms with Crippen LogP contribution in [-0.2, 0) is 14.1 Å². The molecule has 0 radical (unpaired) electrons. The van der Waals surface area contributed by atoms with Crippen LogP contribution in [0.15, 0.2) is 130 Å². The molecule has 0 spiro atoms. The highest BCUT2D eigenvalue weighted by Gasteiger charge is 2.20. The van der Waals surface area contributed by atoms with Crippen molar-refractivity contribution in [2.24, 2.45) is 14.1 Å². The molecule has 0 fully saturated rings. The van der Waals surface area contributed by atoms with Gasteiger partial charge in [-0.2, -0.15) is 0 Å². The summed E-state index contributed by atoms with van der Waals surface area (Å²) in [6.07, 6.45) is 3.43. The maximum Gasteiger partial charge on any atom is 0.212 e. The van der Waals surface area contributed by atoms with E-state index < -0.39 is 13.7 Å². The predicted molar refractivity (Wildman–Crippen MR) is 224 cm³/mol. The van der Waals surface area contributed by atoms with Gasteiger partial charge in [-0.1, -0.05) is 54.6 Å². The molecule has 10 aromatic rings. The van der Waals surface area contributed by atoms with Gasteiger partial charge in [-0.25, -0.2) is 9.13 Å². The quantitative estimate of drug-likeness (QED) is 0.167. The van der Waals surface area contributed by atoms with Crippen LogP contribution in [0.3, 0.4) is 0 Å². The SMILES string of the molecule is [2H]C([2H])([2H])c1c[n+](C)c(-c2cc3oc4cc5ccccc5cc4c3cc2C)cc1C.[2H]C([2H])([2H])c1c[n+](C)c(-c2cc3oc4ccc5ccccc5c4c3cc2C)cc1C. The molecule has 0 saturated heterocycles. The van der Waals surface area contributed by atoms with E-state index in [1.54, 1.807) is 12.4 Å². The van der Waals surface area contributed by atoms with Gasteiger partial charge < -0.3 is 8.83 Å². The maximum absolute atomic E-state index is 7.77. The molecule has 10 rings (SSSR count). The standard InChI is InChI=1S/2C25H22NO/c1-15-10-23(26(4)14-17(15)3)20-13-25-21(9-16(20)2)22-11-18-7-5-6-8-19(18)12-24(22)27-25;1-15-12-22(26(4)14-17(15)3)20-13-24-21(11-16(20)2)25-19-8-6-5-7-18(19)9-10-23(25)27-24/h2*5-14H,1-4H3/q2*+1/i2*3D3.